The molecule has 1 amide bonds. The molecule has 0 aromatic heterocycles. The van der Waals surface area contributed by atoms with E-state index in [4.69, 9.17) is 11.6 Å². The molecule has 0 fully saturated rings. The van der Waals surface area contributed by atoms with Gasteiger partial charge in [0.05, 0.1) is 0 Å². The average molecular weight is 319 g/mol. The third kappa shape index (κ3) is 4.68. The number of amides is 1. The Morgan fingerprint density at radius 3 is 2.82 bits per heavy atom. The molecule has 0 aliphatic heterocycles. The van der Waals surface area contributed by atoms with Crippen LogP contribution in [0.5, 0.6) is 0 Å². The first kappa shape index (κ1) is 14.5. The fourth-order valence-corrected chi connectivity index (χ4v) is 2.06. The summed E-state index contributed by atoms with van der Waals surface area (Å²) in [5, 5.41) is 2.92. The molecule has 1 unspecified atom stereocenters. The van der Waals surface area contributed by atoms with Crippen LogP contribution in [0.4, 0.5) is 0 Å². The predicted octanol–water partition coefficient (Wildman–Crippen LogP) is 3.75. The van der Waals surface area contributed by atoms with Crippen LogP contribution in [0.15, 0.2) is 22.7 Å². The lowest BCUT2D eigenvalue weighted by Crippen LogP contribution is -2.28. The number of carbonyl (C=O) groups is 1. The fourth-order valence-electron chi connectivity index (χ4n) is 1.44. The highest BCUT2D eigenvalue weighted by Crippen LogP contribution is 2.17. The second kappa shape index (κ2) is 7.02. The van der Waals surface area contributed by atoms with E-state index in [1.54, 1.807) is 0 Å². The van der Waals surface area contributed by atoms with E-state index in [9.17, 15) is 4.79 Å². The number of benzene rings is 1. The van der Waals surface area contributed by atoms with Gasteiger partial charge in [-0.15, -0.1) is 11.6 Å². The van der Waals surface area contributed by atoms with Gasteiger partial charge in [-0.2, -0.15) is 0 Å². The molecule has 4 heteroatoms. The van der Waals surface area contributed by atoms with Gasteiger partial charge in [-0.25, -0.2) is 0 Å². The largest absolute Gasteiger partial charge is 0.352 e. The number of aryl methyl sites for hydroxylation is 1. The molecule has 0 spiro atoms. The van der Waals surface area contributed by atoms with E-state index in [0.717, 1.165) is 16.5 Å². The van der Waals surface area contributed by atoms with Crippen molar-refractivity contribution >= 4 is 33.4 Å². The number of nitrogens with one attached hydrogen (secondary N) is 1. The molecule has 1 aromatic rings. The van der Waals surface area contributed by atoms with E-state index >= 15 is 0 Å². The number of alkyl halides is 1. The third-order valence-corrected chi connectivity index (χ3v) is 3.74. The Kier molecular flexibility index (Phi) is 6.00. The molecule has 0 aliphatic carbocycles. The molecule has 1 atom stereocenters. The quantitative estimate of drug-likeness (QED) is 0.823. The van der Waals surface area contributed by atoms with Gasteiger partial charge in [0.25, 0.3) is 5.91 Å². The molecule has 1 N–H and O–H groups in total. The van der Waals surface area contributed by atoms with Gasteiger partial charge in [-0.1, -0.05) is 22.9 Å². The molecule has 17 heavy (non-hydrogen) atoms. The van der Waals surface area contributed by atoms with Crippen LogP contribution in [-0.2, 0) is 0 Å². The van der Waals surface area contributed by atoms with Crippen LogP contribution in [-0.4, -0.2) is 18.3 Å². The Labute approximate surface area is 116 Å². The lowest BCUT2D eigenvalue weighted by atomic mass is 10.1. The smallest absolute Gasteiger partial charge is 0.251 e. The van der Waals surface area contributed by atoms with Crippen LogP contribution in [0, 0.1) is 12.8 Å². The Balaban J connectivity index is 2.55. The van der Waals surface area contributed by atoms with Crippen molar-refractivity contribution in [2.24, 2.45) is 5.92 Å². The van der Waals surface area contributed by atoms with Gasteiger partial charge in [0.1, 0.15) is 0 Å². The normalized spacial score (nSPS) is 12.2. The zero-order chi connectivity index (χ0) is 12.8. The highest BCUT2D eigenvalue weighted by Gasteiger charge is 2.08. The lowest BCUT2D eigenvalue weighted by Gasteiger charge is -2.11. The van der Waals surface area contributed by atoms with Gasteiger partial charge in [-0.3, -0.25) is 4.79 Å². The summed E-state index contributed by atoms with van der Waals surface area (Å²) in [6.07, 6.45) is 0.918. The number of rotatable bonds is 5. The third-order valence-electron chi connectivity index (χ3n) is 2.63. The SMILES string of the molecule is Cc1cc(C(=O)NCC(C)CCCl)ccc1Br. The molecular weight excluding hydrogens is 302 g/mol. The minimum Gasteiger partial charge on any atom is -0.352 e. The Morgan fingerprint density at radius 1 is 1.53 bits per heavy atom. The van der Waals surface area contributed by atoms with Gasteiger partial charge in [0.2, 0.25) is 0 Å². The fraction of sp³-hybridized carbons (Fsp3) is 0.462. The first-order valence-corrected chi connectivity index (χ1v) is 6.97. The van der Waals surface area contributed by atoms with Crippen molar-refractivity contribution in [3.05, 3.63) is 33.8 Å². The van der Waals surface area contributed by atoms with E-state index < -0.39 is 0 Å². The summed E-state index contributed by atoms with van der Waals surface area (Å²) in [7, 11) is 0. The van der Waals surface area contributed by atoms with Crippen molar-refractivity contribution in [3.8, 4) is 0 Å². The Hall–Kier alpha value is -0.540. The summed E-state index contributed by atoms with van der Waals surface area (Å²) >= 11 is 9.06. The van der Waals surface area contributed by atoms with E-state index in [2.05, 4.69) is 28.2 Å². The summed E-state index contributed by atoms with van der Waals surface area (Å²) in [6, 6.07) is 5.59. The van der Waals surface area contributed by atoms with Crippen molar-refractivity contribution in [2.75, 3.05) is 12.4 Å². The molecule has 0 aliphatic rings. The molecular formula is C13H17BrClNO. The monoisotopic (exact) mass is 317 g/mol. The maximum Gasteiger partial charge on any atom is 0.251 e. The van der Waals surface area contributed by atoms with Crippen LogP contribution in [0.1, 0.15) is 29.3 Å². The maximum atomic E-state index is 11.9. The van der Waals surface area contributed by atoms with Crippen molar-refractivity contribution in [1.82, 2.24) is 5.32 Å². The maximum absolute atomic E-state index is 11.9. The number of hydrogen-bond donors (Lipinski definition) is 1. The van der Waals surface area contributed by atoms with E-state index in [1.165, 1.54) is 0 Å². The number of hydrogen-bond acceptors (Lipinski definition) is 1. The molecule has 0 saturated carbocycles. The first-order valence-electron chi connectivity index (χ1n) is 5.65. The van der Waals surface area contributed by atoms with Crippen molar-refractivity contribution < 1.29 is 4.79 Å². The summed E-state index contributed by atoms with van der Waals surface area (Å²) in [5.74, 6) is 1.02. The summed E-state index contributed by atoms with van der Waals surface area (Å²) in [5.41, 5.74) is 1.76. The Bertz CT molecular complexity index is 395. The molecule has 1 rings (SSSR count). The molecule has 0 bridgehead atoms. The van der Waals surface area contributed by atoms with Crippen LogP contribution in [0.25, 0.3) is 0 Å². The highest BCUT2D eigenvalue weighted by atomic mass is 79.9. The predicted molar refractivity (Wildman–Crippen MR) is 75.7 cm³/mol. The standard InChI is InChI=1S/C13H17BrClNO/c1-9(5-6-15)8-16-13(17)11-3-4-12(14)10(2)7-11/h3-4,7,9H,5-6,8H2,1-2H3,(H,16,17). The highest BCUT2D eigenvalue weighted by molar-refractivity contribution is 9.10. The van der Waals surface area contributed by atoms with E-state index in [-0.39, 0.29) is 5.91 Å². The Morgan fingerprint density at radius 2 is 2.24 bits per heavy atom. The van der Waals surface area contributed by atoms with E-state index in [1.807, 2.05) is 25.1 Å². The first-order chi connectivity index (χ1) is 8.04. The van der Waals surface area contributed by atoms with Gasteiger partial charge >= 0.3 is 0 Å². The minimum absolute atomic E-state index is 0.0259. The molecule has 94 valence electrons. The second-order valence-corrected chi connectivity index (χ2v) is 5.49. The minimum atomic E-state index is -0.0259. The van der Waals surface area contributed by atoms with Gasteiger partial charge in [0, 0.05) is 22.5 Å². The summed E-state index contributed by atoms with van der Waals surface area (Å²) in [4.78, 5) is 11.9. The molecule has 0 heterocycles. The summed E-state index contributed by atoms with van der Waals surface area (Å²) < 4.78 is 1.02. The van der Waals surface area contributed by atoms with E-state index in [0.29, 0.717) is 23.9 Å². The molecule has 2 nitrogen and oxygen atoms in total. The lowest BCUT2D eigenvalue weighted by molar-refractivity contribution is 0.0948. The molecule has 1 aromatic carbocycles. The zero-order valence-electron chi connectivity index (χ0n) is 10.1. The van der Waals surface area contributed by atoms with Gasteiger partial charge in [0.15, 0.2) is 0 Å². The summed E-state index contributed by atoms with van der Waals surface area (Å²) in [6.45, 7) is 4.72. The number of halogens is 2. The van der Waals surface area contributed by atoms with Crippen molar-refractivity contribution in [1.29, 1.82) is 0 Å². The average Bonchev–Trinajstić information content (AvgIpc) is 2.30. The topological polar surface area (TPSA) is 29.1 Å². The van der Waals surface area contributed by atoms with Crippen molar-refractivity contribution in [2.45, 2.75) is 20.3 Å². The van der Waals surface area contributed by atoms with Gasteiger partial charge in [-0.05, 0) is 43.0 Å². The van der Waals surface area contributed by atoms with Crippen molar-refractivity contribution in [3.63, 3.8) is 0 Å². The van der Waals surface area contributed by atoms with Crippen LogP contribution >= 0.6 is 27.5 Å². The van der Waals surface area contributed by atoms with Crippen LogP contribution < -0.4 is 5.32 Å². The number of carbonyl (C=O) groups excluding carboxylic acids is 1. The zero-order valence-corrected chi connectivity index (χ0v) is 12.4. The second-order valence-electron chi connectivity index (χ2n) is 4.26. The van der Waals surface area contributed by atoms with Crippen LogP contribution in [0.2, 0.25) is 0 Å². The molecule has 0 radical (unpaired) electrons. The van der Waals surface area contributed by atoms with Gasteiger partial charge < -0.3 is 5.32 Å². The van der Waals surface area contributed by atoms with Crippen LogP contribution in [0.3, 0.4) is 0 Å². The molecule has 0 saturated heterocycles.